The molecule has 1 N–H and O–H groups in total. The van der Waals surface area contributed by atoms with Crippen LogP contribution in [0.3, 0.4) is 0 Å². The second-order valence-corrected chi connectivity index (χ2v) is 8.42. The number of nitrogens with one attached hydrogen (secondary N) is 1. The molecular formula is C21H22Cl4N2O4. The minimum absolute atomic E-state index is 0.130. The Bertz CT molecular complexity index is 835. The first-order valence-corrected chi connectivity index (χ1v) is 11.2. The summed E-state index contributed by atoms with van der Waals surface area (Å²) in [6, 6.07) is 16.1. The van der Waals surface area contributed by atoms with E-state index in [0.29, 0.717) is 23.7 Å². The molecule has 2 amide bonds. The number of halogens is 4. The second kappa shape index (κ2) is 13.0. The molecule has 0 saturated carbocycles. The van der Waals surface area contributed by atoms with Gasteiger partial charge in [-0.15, -0.1) is 0 Å². The summed E-state index contributed by atoms with van der Waals surface area (Å²) in [6.07, 6.45) is -0.925. The lowest BCUT2D eigenvalue weighted by Crippen LogP contribution is -2.48. The van der Waals surface area contributed by atoms with Crippen molar-refractivity contribution < 1.29 is 19.1 Å². The number of carbonyl (C=O) groups is 2. The highest BCUT2D eigenvalue weighted by Gasteiger charge is 2.31. The van der Waals surface area contributed by atoms with Crippen LogP contribution >= 0.6 is 46.4 Å². The quantitative estimate of drug-likeness (QED) is 0.262. The van der Waals surface area contributed by atoms with Gasteiger partial charge in [-0.1, -0.05) is 76.7 Å². The molecule has 2 rings (SSSR count). The van der Waals surface area contributed by atoms with Gasteiger partial charge in [-0.2, -0.15) is 0 Å². The molecule has 0 heterocycles. The standard InChI is InChI=1S/C21H22Cl4N2O4/c1-2-30-13-12-27(21(29)18(24)25)19(26-20(28)17(22)23)14-8-10-16(11-9-14)31-15-6-4-3-5-7-15/h3-11,17-19H,2,12-13H2,1H3,(H,26,28). The zero-order chi connectivity index (χ0) is 22.8. The predicted octanol–water partition coefficient (Wildman–Crippen LogP) is 5.07. The van der Waals surface area contributed by atoms with Crippen LogP contribution in [0, 0.1) is 0 Å². The van der Waals surface area contributed by atoms with Crippen LogP contribution in [0.4, 0.5) is 0 Å². The summed E-state index contributed by atoms with van der Waals surface area (Å²) in [5.41, 5.74) is 0.571. The van der Waals surface area contributed by atoms with Crippen LogP contribution in [-0.4, -0.2) is 46.1 Å². The Kier molecular flexibility index (Phi) is 10.7. The number of nitrogens with zero attached hydrogens (tertiary/aromatic N) is 1. The maximum atomic E-state index is 12.7. The van der Waals surface area contributed by atoms with Crippen LogP contribution in [0.15, 0.2) is 54.6 Å². The van der Waals surface area contributed by atoms with Crippen LogP contribution < -0.4 is 10.1 Å². The Morgan fingerprint density at radius 1 is 0.935 bits per heavy atom. The van der Waals surface area contributed by atoms with Crippen LogP contribution in [0.2, 0.25) is 0 Å². The summed E-state index contributed by atoms with van der Waals surface area (Å²) in [5.74, 6) is -0.0216. The number of benzene rings is 2. The van der Waals surface area contributed by atoms with E-state index in [-0.39, 0.29) is 13.2 Å². The van der Waals surface area contributed by atoms with Gasteiger partial charge in [0.25, 0.3) is 11.8 Å². The molecular weight excluding hydrogens is 486 g/mol. The van der Waals surface area contributed by atoms with Crippen LogP contribution in [0.25, 0.3) is 0 Å². The normalized spacial score (nSPS) is 12.0. The highest BCUT2D eigenvalue weighted by atomic mass is 35.5. The van der Waals surface area contributed by atoms with Gasteiger partial charge >= 0.3 is 0 Å². The molecule has 0 aromatic heterocycles. The van der Waals surface area contributed by atoms with Crippen LogP contribution in [0.5, 0.6) is 11.5 Å². The first kappa shape index (κ1) is 25.6. The van der Waals surface area contributed by atoms with Crippen molar-refractivity contribution in [3.8, 4) is 11.5 Å². The van der Waals surface area contributed by atoms with E-state index in [1.165, 1.54) is 4.90 Å². The summed E-state index contributed by atoms with van der Waals surface area (Å²) in [7, 11) is 0. The van der Waals surface area contributed by atoms with Gasteiger partial charge in [0.1, 0.15) is 17.7 Å². The van der Waals surface area contributed by atoms with E-state index in [1.54, 1.807) is 24.3 Å². The third kappa shape index (κ3) is 8.05. The van der Waals surface area contributed by atoms with E-state index in [9.17, 15) is 9.59 Å². The molecule has 2 aromatic rings. The van der Waals surface area contributed by atoms with Gasteiger partial charge in [-0.25, -0.2) is 0 Å². The highest BCUT2D eigenvalue weighted by Crippen LogP contribution is 2.26. The van der Waals surface area contributed by atoms with Gasteiger partial charge in [0.2, 0.25) is 0 Å². The van der Waals surface area contributed by atoms with Gasteiger partial charge in [0.15, 0.2) is 9.67 Å². The average molecular weight is 508 g/mol. The molecule has 0 aliphatic rings. The first-order chi connectivity index (χ1) is 14.8. The van der Waals surface area contributed by atoms with Gasteiger partial charge in [0, 0.05) is 13.2 Å². The van der Waals surface area contributed by atoms with Crippen molar-refractivity contribution in [2.75, 3.05) is 19.8 Å². The number of carbonyl (C=O) groups excluding carboxylic acids is 2. The number of hydrogen-bond acceptors (Lipinski definition) is 4. The minimum atomic E-state index is -1.33. The van der Waals surface area contributed by atoms with Gasteiger partial charge in [0.05, 0.1) is 6.61 Å². The zero-order valence-corrected chi connectivity index (χ0v) is 19.7. The van der Waals surface area contributed by atoms with E-state index >= 15 is 0 Å². The molecule has 2 aromatic carbocycles. The topological polar surface area (TPSA) is 67.9 Å². The molecule has 1 atom stereocenters. The lowest BCUT2D eigenvalue weighted by atomic mass is 10.1. The molecule has 31 heavy (non-hydrogen) atoms. The Labute approximate surface area is 201 Å². The van der Waals surface area contributed by atoms with Crippen molar-refractivity contribution in [2.45, 2.75) is 22.8 Å². The number of ether oxygens (including phenoxy) is 2. The third-order valence-electron chi connectivity index (χ3n) is 4.11. The molecule has 1 unspecified atom stereocenters. The zero-order valence-electron chi connectivity index (χ0n) is 16.6. The molecule has 0 aliphatic heterocycles. The summed E-state index contributed by atoms with van der Waals surface area (Å²) >= 11 is 23.1. The highest BCUT2D eigenvalue weighted by molar-refractivity contribution is 6.54. The van der Waals surface area contributed by atoms with E-state index in [2.05, 4.69) is 5.32 Å². The van der Waals surface area contributed by atoms with Crippen molar-refractivity contribution in [3.05, 3.63) is 60.2 Å². The Hall–Kier alpha value is -1.70. The fourth-order valence-corrected chi connectivity index (χ4v) is 3.06. The number of amides is 2. The number of alkyl halides is 4. The monoisotopic (exact) mass is 506 g/mol. The van der Waals surface area contributed by atoms with E-state index < -0.39 is 27.7 Å². The van der Waals surface area contributed by atoms with E-state index in [4.69, 9.17) is 55.9 Å². The minimum Gasteiger partial charge on any atom is -0.457 e. The maximum absolute atomic E-state index is 12.7. The van der Waals surface area contributed by atoms with Gasteiger partial charge < -0.3 is 19.7 Å². The second-order valence-electron chi connectivity index (χ2n) is 6.23. The van der Waals surface area contributed by atoms with Crippen molar-refractivity contribution in [1.29, 1.82) is 0 Å². The SMILES string of the molecule is CCOCCN(C(=O)C(Cl)Cl)C(NC(=O)C(Cl)Cl)c1ccc(Oc2ccccc2)cc1. The molecule has 0 fully saturated rings. The summed E-state index contributed by atoms with van der Waals surface area (Å²) in [6.45, 7) is 2.64. The number of para-hydroxylation sites is 1. The molecule has 0 saturated heterocycles. The molecule has 0 bridgehead atoms. The third-order valence-corrected chi connectivity index (χ3v) is 4.88. The smallest absolute Gasteiger partial charge is 0.257 e. The molecule has 0 aliphatic carbocycles. The summed E-state index contributed by atoms with van der Waals surface area (Å²) < 4.78 is 11.1. The van der Waals surface area contributed by atoms with Crippen molar-refractivity contribution in [1.82, 2.24) is 10.2 Å². The summed E-state index contributed by atoms with van der Waals surface area (Å²) in [5, 5.41) is 2.65. The Balaban J connectivity index is 2.31. The van der Waals surface area contributed by atoms with Crippen LogP contribution in [-0.2, 0) is 14.3 Å². The predicted molar refractivity (Wildman–Crippen MR) is 123 cm³/mol. The lowest BCUT2D eigenvalue weighted by molar-refractivity contribution is -0.135. The van der Waals surface area contributed by atoms with Crippen molar-refractivity contribution >= 4 is 58.2 Å². The van der Waals surface area contributed by atoms with Gasteiger partial charge in [-0.05, 0) is 36.8 Å². The van der Waals surface area contributed by atoms with Gasteiger partial charge in [-0.3, -0.25) is 9.59 Å². The fraction of sp³-hybridized carbons (Fsp3) is 0.333. The number of rotatable bonds is 11. The molecule has 0 radical (unpaired) electrons. The maximum Gasteiger partial charge on any atom is 0.257 e. The van der Waals surface area contributed by atoms with Crippen LogP contribution in [0.1, 0.15) is 18.7 Å². The van der Waals surface area contributed by atoms with E-state index in [1.807, 2.05) is 37.3 Å². The average Bonchev–Trinajstić information content (AvgIpc) is 2.76. The van der Waals surface area contributed by atoms with E-state index in [0.717, 1.165) is 0 Å². The largest absolute Gasteiger partial charge is 0.457 e. The fourth-order valence-electron chi connectivity index (χ4n) is 2.68. The molecule has 6 nitrogen and oxygen atoms in total. The molecule has 168 valence electrons. The van der Waals surface area contributed by atoms with Crippen molar-refractivity contribution in [3.63, 3.8) is 0 Å². The Morgan fingerprint density at radius 3 is 2.10 bits per heavy atom. The molecule has 10 heteroatoms. The molecule has 0 spiro atoms. The lowest BCUT2D eigenvalue weighted by Gasteiger charge is -2.33. The number of hydrogen-bond donors (Lipinski definition) is 1. The Morgan fingerprint density at radius 2 is 1.55 bits per heavy atom. The summed E-state index contributed by atoms with van der Waals surface area (Å²) in [4.78, 5) is 23.6. The van der Waals surface area contributed by atoms with Crippen molar-refractivity contribution in [2.24, 2.45) is 0 Å². The first-order valence-electron chi connectivity index (χ1n) is 9.41.